The first-order chi connectivity index (χ1) is 16.8. The highest BCUT2D eigenvalue weighted by molar-refractivity contribution is 7.93. The van der Waals surface area contributed by atoms with Crippen LogP contribution in [-0.2, 0) is 19.5 Å². The molecule has 0 radical (unpaired) electrons. The molecule has 3 aromatic heterocycles. The summed E-state index contributed by atoms with van der Waals surface area (Å²) in [6.45, 7) is 2.64. The van der Waals surface area contributed by atoms with Crippen LogP contribution in [0.5, 0.6) is 5.88 Å². The number of ether oxygens (including phenoxy) is 3. The van der Waals surface area contributed by atoms with Crippen LogP contribution in [0.1, 0.15) is 37.6 Å². The number of pyridine rings is 2. The Hall–Kier alpha value is -2.80. The van der Waals surface area contributed by atoms with Crippen LogP contribution >= 0.6 is 11.6 Å². The Bertz CT molecular complexity index is 1250. The summed E-state index contributed by atoms with van der Waals surface area (Å²) in [5, 5.41) is 7.91. The molecular formula is C22H27ClN6O5S. The number of sulfonamides is 1. The summed E-state index contributed by atoms with van der Waals surface area (Å²) in [6.07, 6.45) is 1.97. The molecule has 4 heterocycles. The van der Waals surface area contributed by atoms with Crippen molar-refractivity contribution in [3.05, 3.63) is 47.2 Å². The Morgan fingerprint density at radius 2 is 1.94 bits per heavy atom. The van der Waals surface area contributed by atoms with E-state index in [-0.39, 0.29) is 12.0 Å². The van der Waals surface area contributed by atoms with Crippen LogP contribution in [0.15, 0.2) is 36.5 Å². The number of methoxy groups -OCH3 is 2. The third kappa shape index (κ3) is 5.56. The molecule has 188 valence electrons. The van der Waals surface area contributed by atoms with E-state index in [0.717, 1.165) is 0 Å². The Kier molecular flexibility index (Phi) is 7.85. The normalized spacial score (nSPS) is 16.6. The van der Waals surface area contributed by atoms with E-state index in [1.165, 1.54) is 20.4 Å². The van der Waals surface area contributed by atoms with E-state index in [0.29, 0.717) is 54.2 Å². The first-order valence-electron chi connectivity index (χ1n) is 11.0. The second-order valence-corrected chi connectivity index (χ2v) is 10.5. The Morgan fingerprint density at radius 3 is 2.60 bits per heavy atom. The molecule has 35 heavy (non-hydrogen) atoms. The smallest absolute Gasteiger partial charge is 0.240 e. The maximum absolute atomic E-state index is 13.4. The molecule has 1 fully saturated rings. The van der Waals surface area contributed by atoms with Gasteiger partial charge in [-0.1, -0.05) is 17.7 Å². The summed E-state index contributed by atoms with van der Waals surface area (Å²) < 4.78 is 47.5. The van der Waals surface area contributed by atoms with Gasteiger partial charge < -0.3 is 14.2 Å². The van der Waals surface area contributed by atoms with Gasteiger partial charge in [-0.25, -0.2) is 13.4 Å². The number of anilines is 1. The summed E-state index contributed by atoms with van der Waals surface area (Å²) in [5.41, 5.74) is 0.962. The van der Waals surface area contributed by atoms with Crippen LogP contribution in [0.2, 0.25) is 5.02 Å². The number of halogens is 1. The third-order valence-electron chi connectivity index (χ3n) is 5.86. The average Bonchev–Trinajstić information content (AvgIpc) is 3.29. The summed E-state index contributed by atoms with van der Waals surface area (Å²) in [4.78, 5) is 8.68. The molecule has 13 heteroatoms. The van der Waals surface area contributed by atoms with Crippen LogP contribution in [0, 0.1) is 0 Å². The van der Waals surface area contributed by atoms with Gasteiger partial charge in [-0.2, -0.15) is 0 Å². The quantitative estimate of drug-likeness (QED) is 0.449. The van der Waals surface area contributed by atoms with Gasteiger partial charge in [-0.3, -0.25) is 14.3 Å². The van der Waals surface area contributed by atoms with Gasteiger partial charge in [0.25, 0.3) is 0 Å². The molecule has 1 aliphatic rings. The lowest BCUT2D eigenvalue weighted by atomic mass is 10.1. The predicted octanol–water partition coefficient (Wildman–Crippen LogP) is 3.27. The van der Waals surface area contributed by atoms with Crippen molar-refractivity contribution in [1.82, 2.24) is 24.7 Å². The summed E-state index contributed by atoms with van der Waals surface area (Å²) >= 11 is 5.93. The van der Waals surface area contributed by atoms with Gasteiger partial charge in [0.05, 0.1) is 17.8 Å². The van der Waals surface area contributed by atoms with Crippen LogP contribution in [-0.4, -0.2) is 65.8 Å². The van der Waals surface area contributed by atoms with Crippen LogP contribution in [0.25, 0.3) is 11.5 Å². The zero-order valence-electron chi connectivity index (χ0n) is 19.6. The van der Waals surface area contributed by atoms with Crippen molar-refractivity contribution in [3.63, 3.8) is 0 Å². The molecule has 1 saturated heterocycles. The number of hydrogen-bond acceptors (Lipinski definition) is 9. The first kappa shape index (κ1) is 25.3. The monoisotopic (exact) mass is 522 g/mol. The van der Waals surface area contributed by atoms with Crippen LogP contribution in [0.4, 0.5) is 5.95 Å². The number of nitrogens with zero attached hydrogens (tertiary/aromatic N) is 5. The molecule has 0 bridgehead atoms. The van der Waals surface area contributed by atoms with Gasteiger partial charge in [0, 0.05) is 38.6 Å². The molecule has 0 aromatic carbocycles. The first-order valence-corrected chi connectivity index (χ1v) is 13.0. The summed E-state index contributed by atoms with van der Waals surface area (Å²) in [7, 11) is -1.01. The molecule has 1 N–H and O–H groups in total. The Morgan fingerprint density at radius 1 is 1.17 bits per heavy atom. The molecular weight excluding hydrogens is 496 g/mol. The van der Waals surface area contributed by atoms with Gasteiger partial charge >= 0.3 is 0 Å². The van der Waals surface area contributed by atoms with Crippen molar-refractivity contribution in [2.45, 2.75) is 37.2 Å². The zero-order chi connectivity index (χ0) is 25.0. The SMILES string of the molecule is COc1cccc(-c2nnc(NS(=O)(=O)[C@@H](C)[C@H](OC)c3ccc(Cl)cn3)n2C2CCOCC2)n1. The van der Waals surface area contributed by atoms with Gasteiger partial charge in [0.15, 0.2) is 5.82 Å². The minimum absolute atomic E-state index is 0.0779. The lowest BCUT2D eigenvalue weighted by Crippen LogP contribution is -2.33. The van der Waals surface area contributed by atoms with Crippen molar-refractivity contribution in [1.29, 1.82) is 0 Å². The van der Waals surface area contributed by atoms with Crippen molar-refractivity contribution in [2.75, 3.05) is 32.2 Å². The Balaban J connectivity index is 1.69. The third-order valence-corrected chi connectivity index (χ3v) is 7.78. The van der Waals surface area contributed by atoms with E-state index in [1.54, 1.807) is 41.8 Å². The van der Waals surface area contributed by atoms with E-state index >= 15 is 0 Å². The highest BCUT2D eigenvalue weighted by atomic mass is 35.5. The van der Waals surface area contributed by atoms with Gasteiger partial charge in [0.1, 0.15) is 17.0 Å². The molecule has 11 nitrogen and oxygen atoms in total. The standard InChI is InChI=1S/C22H27ClN6O5S/c1-14(20(33-3)17-8-7-15(23)13-24-17)35(30,31)28-22-27-26-21(18-5-4-6-19(25-18)32-2)29(22)16-9-11-34-12-10-16/h4-8,13-14,16,20H,9-12H2,1-3H3,(H,27,28)/t14-,20-/m0/s1. The molecule has 0 spiro atoms. The van der Waals surface area contributed by atoms with E-state index < -0.39 is 21.4 Å². The van der Waals surface area contributed by atoms with Crippen molar-refractivity contribution in [3.8, 4) is 17.4 Å². The van der Waals surface area contributed by atoms with E-state index in [4.69, 9.17) is 25.8 Å². The molecule has 0 amide bonds. The molecule has 0 aliphatic carbocycles. The van der Waals surface area contributed by atoms with Gasteiger partial charge in [-0.05, 0) is 38.0 Å². The van der Waals surface area contributed by atoms with E-state index in [1.807, 2.05) is 0 Å². The molecule has 3 aromatic rings. The maximum Gasteiger partial charge on any atom is 0.240 e. The minimum atomic E-state index is -3.97. The van der Waals surface area contributed by atoms with E-state index in [9.17, 15) is 8.42 Å². The number of nitrogens with one attached hydrogen (secondary N) is 1. The molecule has 0 saturated carbocycles. The molecule has 1 aliphatic heterocycles. The largest absolute Gasteiger partial charge is 0.481 e. The topological polar surface area (TPSA) is 130 Å². The lowest BCUT2D eigenvalue weighted by Gasteiger charge is -2.27. The number of rotatable bonds is 9. The predicted molar refractivity (Wildman–Crippen MR) is 130 cm³/mol. The van der Waals surface area contributed by atoms with E-state index in [2.05, 4.69) is 24.9 Å². The minimum Gasteiger partial charge on any atom is -0.481 e. The number of aromatic nitrogens is 5. The molecule has 0 unspecified atom stereocenters. The van der Waals surface area contributed by atoms with Crippen molar-refractivity contribution < 1.29 is 22.6 Å². The summed E-state index contributed by atoms with van der Waals surface area (Å²) in [6, 6.07) is 8.48. The molecule has 2 atom stereocenters. The second-order valence-electron chi connectivity index (χ2n) is 8.04. The maximum atomic E-state index is 13.4. The highest BCUT2D eigenvalue weighted by Crippen LogP contribution is 2.32. The van der Waals surface area contributed by atoms with Crippen LogP contribution < -0.4 is 9.46 Å². The number of hydrogen-bond donors (Lipinski definition) is 1. The van der Waals surface area contributed by atoms with Crippen molar-refractivity contribution in [2.24, 2.45) is 0 Å². The lowest BCUT2D eigenvalue weighted by molar-refractivity contribution is 0.0704. The molecule has 4 rings (SSSR count). The Labute approximate surface area is 208 Å². The highest BCUT2D eigenvalue weighted by Gasteiger charge is 2.34. The zero-order valence-corrected chi connectivity index (χ0v) is 21.2. The fourth-order valence-electron chi connectivity index (χ4n) is 3.97. The fraction of sp³-hybridized carbons (Fsp3) is 0.455. The summed E-state index contributed by atoms with van der Waals surface area (Å²) in [5.74, 6) is 0.948. The van der Waals surface area contributed by atoms with Crippen molar-refractivity contribution >= 4 is 27.6 Å². The second kappa shape index (κ2) is 10.9. The van der Waals surface area contributed by atoms with Gasteiger partial charge in [-0.15, -0.1) is 10.2 Å². The fourth-order valence-corrected chi connectivity index (χ4v) is 5.24. The average molecular weight is 523 g/mol. The van der Waals surface area contributed by atoms with Gasteiger partial charge in [0.2, 0.25) is 21.9 Å². The van der Waals surface area contributed by atoms with Crippen LogP contribution in [0.3, 0.4) is 0 Å².